The van der Waals surface area contributed by atoms with Crippen LogP contribution in [0.2, 0.25) is 0 Å². The Kier molecular flexibility index (Phi) is 4.03. The number of nitrogens with one attached hydrogen (secondary N) is 1. The van der Waals surface area contributed by atoms with Gasteiger partial charge in [-0.3, -0.25) is 0 Å². The van der Waals surface area contributed by atoms with Crippen molar-refractivity contribution in [3.05, 3.63) is 52.2 Å². The molecule has 0 unspecified atom stereocenters. The van der Waals surface area contributed by atoms with Gasteiger partial charge in [0.15, 0.2) is 11.5 Å². The molecule has 5 nitrogen and oxygen atoms in total. The molecule has 3 aromatic heterocycles. The summed E-state index contributed by atoms with van der Waals surface area (Å²) in [7, 11) is -3.53. The number of furan rings is 2. The quantitative estimate of drug-likeness (QED) is 0.721. The summed E-state index contributed by atoms with van der Waals surface area (Å²) in [6.07, 6.45) is 1.55. The number of hydrogen-bond donors (Lipinski definition) is 1. The van der Waals surface area contributed by atoms with Crippen molar-refractivity contribution < 1.29 is 17.3 Å². The number of halogens is 1. The van der Waals surface area contributed by atoms with Gasteiger partial charge >= 0.3 is 0 Å². The minimum Gasteiger partial charge on any atom is -0.461 e. The van der Waals surface area contributed by atoms with Crippen molar-refractivity contribution in [3.63, 3.8) is 0 Å². The lowest BCUT2D eigenvalue weighted by Gasteiger charge is -2.02. The zero-order chi connectivity index (χ0) is 14.9. The maximum atomic E-state index is 12.1. The van der Waals surface area contributed by atoms with E-state index in [-0.39, 0.29) is 10.8 Å². The van der Waals surface area contributed by atoms with Gasteiger partial charge < -0.3 is 8.83 Å². The van der Waals surface area contributed by atoms with Crippen LogP contribution in [-0.4, -0.2) is 8.42 Å². The Morgan fingerprint density at radius 1 is 1.14 bits per heavy atom. The average molecular weight is 388 g/mol. The Bertz CT molecular complexity index is 833. The number of hydrogen-bond acceptors (Lipinski definition) is 5. The fourth-order valence-electron chi connectivity index (χ4n) is 1.70. The van der Waals surface area contributed by atoms with Gasteiger partial charge in [-0.05, 0) is 52.3 Å². The second-order valence-electron chi connectivity index (χ2n) is 4.13. The van der Waals surface area contributed by atoms with Crippen LogP contribution in [0, 0.1) is 0 Å². The number of sulfonamides is 1. The van der Waals surface area contributed by atoms with E-state index in [1.807, 2.05) is 0 Å². The summed E-state index contributed by atoms with van der Waals surface area (Å²) in [6, 6.07) is 10.2. The molecule has 0 bridgehead atoms. The molecule has 0 radical (unpaired) electrons. The fraction of sp³-hybridized carbons (Fsp3) is 0.0769. The topological polar surface area (TPSA) is 72.5 Å². The molecule has 0 aromatic carbocycles. The van der Waals surface area contributed by atoms with Crippen molar-refractivity contribution in [1.29, 1.82) is 0 Å². The third-order valence-electron chi connectivity index (χ3n) is 2.68. The van der Waals surface area contributed by atoms with Crippen LogP contribution in [-0.2, 0) is 16.6 Å². The van der Waals surface area contributed by atoms with Crippen LogP contribution in [0.5, 0.6) is 0 Å². The summed E-state index contributed by atoms with van der Waals surface area (Å²) in [5, 5.41) is 0. The molecule has 3 heterocycles. The van der Waals surface area contributed by atoms with Gasteiger partial charge in [-0.1, -0.05) is 0 Å². The highest BCUT2D eigenvalue weighted by atomic mass is 79.9. The molecule has 1 N–H and O–H groups in total. The molecule has 0 saturated carbocycles. The van der Waals surface area contributed by atoms with Crippen molar-refractivity contribution in [2.24, 2.45) is 0 Å². The van der Waals surface area contributed by atoms with E-state index in [1.54, 1.807) is 42.7 Å². The van der Waals surface area contributed by atoms with Gasteiger partial charge in [-0.15, -0.1) is 11.3 Å². The van der Waals surface area contributed by atoms with Crippen LogP contribution in [0.4, 0.5) is 0 Å². The minimum atomic E-state index is -3.53. The summed E-state index contributed by atoms with van der Waals surface area (Å²) in [5.74, 6) is 1.68. The Morgan fingerprint density at radius 2 is 2.00 bits per heavy atom. The van der Waals surface area contributed by atoms with Crippen molar-refractivity contribution in [2.45, 2.75) is 10.8 Å². The average Bonchev–Trinajstić information content (AvgIpc) is 3.17. The summed E-state index contributed by atoms with van der Waals surface area (Å²) >= 11 is 4.40. The molecule has 0 atom stereocenters. The Hall–Kier alpha value is -1.35. The van der Waals surface area contributed by atoms with E-state index in [2.05, 4.69) is 20.7 Å². The van der Waals surface area contributed by atoms with Crippen LogP contribution in [0.15, 0.2) is 59.5 Å². The summed E-state index contributed by atoms with van der Waals surface area (Å²) in [6.45, 7) is 0.0819. The Morgan fingerprint density at radius 3 is 2.67 bits per heavy atom. The fourth-order valence-corrected chi connectivity index (χ4v) is 4.75. The maximum Gasteiger partial charge on any atom is 0.250 e. The van der Waals surface area contributed by atoms with Gasteiger partial charge in [0.25, 0.3) is 0 Å². The molecular weight excluding hydrogens is 378 g/mol. The van der Waals surface area contributed by atoms with Gasteiger partial charge in [0.05, 0.1) is 16.6 Å². The third kappa shape index (κ3) is 3.29. The smallest absolute Gasteiger partial charge is 0.250 e. The largest absolute Gasteiger partial charge is 0.461 e. The molecule has 0 aliphatic carbocycles. The lowest BCUT2D eigenvalue weighted by atomic mass is 10.3. The molecule has 8 heteroatoms. The molecule has 110 valence electrons. The standard InChI is InChI=1S/C13H10BrNO4S2/c14-12-5-6-13(20-12)21(16,17)15-8-9-3-4-11(19-9)10-2-1-7-18-10/h1-7,15H,8H2. The molecule has 3 aromatic rings. The highest BCUT2D eigenvalue weighted by Crippen LogP contribution is 2.26. The highest BCUT2D eigenvalue weighted by molar-refractivity contribution is 9.11. The van der Waals surface area contributed by atoms with Crippen LogP contribution >= 0.6 is 27.3 Å². The lowest BCUT2D eigenvalue weighted by molar-refractivity contribution is 0.485. The molecule has 0 saturated heterocycles. The minimum absolute atomic E-state index is 0.0819. The Balaban J connectivity index is 1.71. The van der Waals surface area contributed by atoms with E-state index in [9.17, 15) is 8.42 Å². The lowest BCUT2D eigenvalue weighted by Crippen LogP contribution is -2.22. The zero-order valence-electron chi connectivity index (χ0n) is 10.6. The van der Waals surface area contributed by atoms with E-state index < -0.39 is 10.0 Å². The molecule has 0 aliphatic heterocycles. The van der Waals surface area contributed by atoms with Crippen molar-refractivity contribution >= 4 is 37.3 Å². The predicted molar refractivity (Wildman–Crippen MR) is 82.5 cm³/mol. The molecule has 3 rings (SSSR count). The third-order valence-corrected chi connectivity index (χ3v) is 6.19. The molecule has 21 heavy (non-hydrogen) atoms. The second kappa shape index (κ2) is 5.80. The first-order chi connectivity index (χ1) is 10.0. The van der Waals surface area contributed by atoms with E-state index in [0.717, 1.165) is 15.1 Å². The van der Waals surface area contributed by atoms with Gasteiger partial charge in [-0.2, -0.15) is 0 Å². The van der Waals surface area contributed by atoms with E-state index in [1.165, 1.54) is 0 Å². The first-order valence-electron chi connectivity index (χ1n) is 5.92. The van der Waals surface area contributed by atoms with E-state index >= 15 is 0 Å². The normalized spacial score (nSPS) is 11.9. The van der Waals surface area contributed by atoms with E-state index in [0.29, 0.717) is 17.3 Å². The van der Waals surface area contributed by atoms with Gasteiger partial charge in [0.2, 0.25) is 10.0 Å². The van der Waals surface area contributed by atoms with Crippen molar-refractivity contribution in [3.8, 4) is 11.5 Å². The summed E-state index contributed by atoms with van der Waals surface area (Å²) in [5.41, 5.74) is 0. The molecular formula is C13H10BrNO4S2. The predicted octanol–water partition coefficient (Wildman–Crippen LogP) is 3.84. The monoisotopic (exact) mass is 387 g/mol. The van der Waals surface area contributed by atoms with Crippen LogP contribution in [0.3, 0.4) is 0 Å². The Labute approximate surface area is 133 Å². The van der Waals surface area contributed by atoms with Gasteiger partial charge in [0, 0.05) is 0 Å². The zero-order valence-corrected chi connectivity index (χ0v) is 13.8. The van der Waals surface area contributed by atoms with Crippen LogP contribution in [0.25, 0.3) is 11.5 Å². The van der Waals surface area contributed by atoms with Crippen molar-refractivity contribution in [1.82, 2.24) is 4.72 Å². The summed E-state index contributed by atoms with van der Waals surface area (Å²) in [4.78, 5) is 0. The van der Waals surface area contributed by atoms with Gasteiger partial charge in [0.1, 0.15) is 9.97 Å². The maximum absolute atomic E-state index is 12.1. The molecule has 0 spiro atoms. The highest BCUT2D eigenvalue weighted by Gasteiger charge is 2.17. The summed E-state index contributed by atoms with van der Waals surface area (Å²) < 4.78 is 38.4. The van der Waals surface area contributed by atoms with Crippen molar-refractivity contribution in [2.75, 3.05) is 0 Å². The van der Waals surface area contributed by atoms with Crippen LogP contribution < -0.4 is 4.72 Å². The first kappa shape index (κ1) is 14.6. The number of thiophene rings is 1. The molecule has 0 amide bonds. The van der Waals surface area contributed by atoms with E-state index in [4.69, 9.17) is 8.83 Å². The second-order valence-corrected chi connectivity index (χ2v) is 8.58. The first-order valence-corrected chi connectivity index (χ1v) is 9.01. The SMILES string of the molecule is O=S(=O)(NCc1ccc(-c2ccco2)o1)c1ccc(Br)s1. The molecule has 0 aliphatic rings. The van der Waals surface area contributed by atoms with Crippen LogP contribution in [0.1, 0.15) is 5.76 Å². The number of rotatable bonds is 5. The molecule has 0 fully saturated rings. The van der Waals surface area contributed by atoms with Gasteiger partial charge in [-0.25, -0.2) is 13.1 Å².